The van der Waals surface area contributed by atoms with E-state index in [0.717, 1.165) is 5.69 Å². The standard InChI is InChI=1S/C15H12N6O2/c1-9-13(14-15(16)20-23-19-14)18-11-7-17-12(8-21(9)11)22-10-5-3-2-4-6-10/h2-8H,1H3,(H2,16,20). The van der Waals surface area contributed by atoms with Crippen LogP contribution in [0.25, 0.3) is 17.0 Å². The number of ether oxygens (including phenoxy) is 1. The maximum atomic E-state index is 5.74. The minimum Gasteiger partial charge on any atom is -0.438 e. The van der Waals surface area contributed by atoms with E-state index in [4.69, 9.17) is 10.5 Å². The summed E-state index contributed by atoms with van der Waals surface area (Å²) in [7, 11) is 0. The first-order valence-corrected chi connectivity index (χ1v) is 6.88. The van der Waals surface area contributed by atoms with Gasteiger partial charge in [0.05, 0.1) is 12.4 Å². The molecule has 0 bridgehead atoms. The number of anilines is 1. The van der Waals surface area contributed by atoms with Crippen molar-refractivity contribution >= 4 is 11.5 Å². The lowest BCUT2D eigenvalue weighted by Crippen LogP contribution is -1.94. The van der Waals surface area contributed by atoms with Crippen LogP contribution in [0.4, 0.5) is 5.82 Å². The Balaban J connectivity index is 1.77. The van der Waals surface area contributed by atoms with Crippen LogP contribution in [0.15, 0.2) is 47.4 Å². The number of fused-ring (bicyclic) bond motifs is 1. The number of hydrogen-bond acceptors (Lipinski definition) is 7. The third-order valence-electron chi connectivity index (χ3n) is 3.43. The molecule has 0 saturated heterocycles. The van der Waals surface area contributed by atoms with Gasteiger partial charge in [0.15, 0.2) is 17.2 Å². The zero-order valence-electron chi connectivity index (χ0n) is 12.2. The molecule has 8 heteroatoms. The summed E-state index contributed by atoms with van der Waals surface area (Å²) in [6.45, 7) is 1.90. The zero-order valence-corrected chi connectivity index (χ0v) is 12.2. The predicted molar refractivity (Wildman–Crippen MR) is 81.9 cm³/mol. The van der Waals surface area contributed by atoms with E-state index in [2.05, 4.69) is 24.9 Å². The molecule has 4 rings (SSSR count). The number of nitrogen functional groups attached to an aromatic ring is 1. The SMILES string of the molecule is Cc1c(-c2nonc2N)nc2cnc(Oc3ccccc3)cn12. The quantitative estimate of drug-likeness (QED) is 0.619. The third-order valence-corrected chi connectivity index (χ3v) is 3.43. The Morgan fingerprint density at radius 3 is 2.70 bits per heavy atom. The molecule has 0 unspecified atom stereocenters. The van der Waals surface area contributed by atoms with E-state index in [9.17, 15) is 0 Å². The third kappa shape index (κ3) is 2.26. The van der Waals surface area contributed by atoms with Crippen LogP contribution in [-0.2, 0) is 0 Å². The Bertz CT molecular complexity index is 976. The Labute approximate surface area is 130 Å². The lowest BCUT2D eigenvalue weighted by atomic mass is 10.2. The van der Waals surface area contributed by atoms with Crippen LogP contribution >= 0.6 is 0 Å². The van der Waals surface area contributed by atoms with Crippen LogP contribution < -0.4 is 10.5 Å². The van der Waals surface area contributed by atoms with Crippen molar-refractivity contribution in [1.29, 1.82) is 0 Å². The van der Waals surface area contributed by atoms with Gasteiger partial charge in [0, 0.05) is 5.69 Å². The van der Waals surface area contributed by atoms with E-state index in [1.807, 2.05) is 41.7 Å². The maximum absolute atomic E-state index is 5.74. The van der Waals surface area contributed by atoms with Crippen LogP contribution in [-0.4, -0.2) is 24.7 Å². The molecule has 1 aromatic carbocycles. The van der Waals surface area contributed by atoms with Gasteiger partial charge < -0.3 is 10.5 Å². The topological polar surface area (TPSA) is 104 Å². The van der Waals surface area contributed by atoms with Crippen LogP contribution in [0.5, 0.6) is 11.6 Å². The van der Waals surface area contributed by atoms with Crippen molar-refractivity contribution in [2.75, 3.05) is 5.73 Å². The Morgan fingerprint density at radius 2 is 1.96 bits per heavy atom. The summed E-state index contributed by atoms with van der Waals surface area (Å²) in [6.07, 6.45) is 3.39. The van der Waals surface area contributed by atoms with Gasteiger partial charge in [0.2, 0.25) is 5.88 Å². The van der Waals surface area contributed by atoms with Gasteiger partial charge in [-0.05, 0) is 29.4 Å². The molecule has 3 heterocycles. The minimum absolute atomic E-state index is 0.199. The lowest BCUT2D eigenvalue weighted by Gasteiger charge is -2.05. The first-order chi connectivity index (χ1) is 11.2. The molecule has 8 nitrogen and oxygen atoms in total. The largest absolute Gasteiger partial charge is 0.438 e. The summed E-state index contributed by atoms with van der Waals surface area (Å²) in [5, 5.41) is 7.37. The van der Waals surface area contributed by atoms with Crippen molar-refractivity contribution in [2.45, 2.75) is 6.92 Å². The Morgan fingerprint density at radius 1 is 1.13 bits per heavy atom. The average molecular weight is 308 g/mol. The van der Waals surface area contributed by atoms with Gasteiger partial charge in [-0.1, -0.05) is 18.2 Å². The number of imidazole rings is 1. The molecule has 114 valence electrons. The van der Waals surface area contributed by atoms with Gasteiger partial charge in [0.1, 0.15) is 11.4 Å². The molecule has 0 fully saturated rings. The number of nitrogens with zero attached hydrogens (tertiary/aromatic N) is 5. The second-order valence-corrected chi connectivity index (χ2v) is 4.91. The fourth-order valence-electron chi connectivity index (χ4n) is 2.30. The highest BCUT2D eigenvalue weighted by Crippen LogP contribution is 2.27. The predicted octanol–water partition coefficient (Wildman–Crippen LogP) is 2.46. The fraction of sp³-hybridized carbons (Fsp3) is 0.0667. The van der Waals surface area contributed by atoms with Gasteiger partial charge in [0.25, 0.3) is 0 Å². The highest BCUT2D eigenvalue weighted by atomic mass is 16.6. The number of aromatic nitrogens is 5. The van der Waals surface area contributed by atoms with Crippen molar-refractivity contribution in [3.63, 3.8) is 0 Å². The van der Waals surface area contributed by atoms with Crippen LogP contribution in [0.1, 0.15) is 5.69 Å². The van der Waals surface area contributed by atoms with Crippen molar-refractivity contribution in [2.24, 2.45) is 0 Å². The van der Waals surface area contributed by atoms with Crippen molar-refractivity contribution in [1.82, 2.24) is 24.7 Å². The molecule has 0 radical (unpaired) electrons. The monoisotopic (exact) mass is 308 g/mol. The fourth-order valence-corrected chi connectivity index (χ4v) is 2.30. The van der Waals surface area contributed by atoms with Crippen molar-refractivity contribution < 1.29 is 9.37 Å². The number of rotatable bonds is 3. The van der Waals surface area contributed by atoms with Crippen LogP contribution in [0.3, 0.4) is 0 Å². The van der Waals surface area contributed by atoms with Gasteiger partial charge in [-0.15, -0.1) is 0 Å². The van der Waals surface area contributed by atoms with E-state index >= 15 is 0 Å². The van der Waals surface area contributed by atoms with E-state index in [-0.39, 0.29) is 5.82 Å². The highest BCUT2D eigenvalue weighted by Gasteiger charge is 2.18. The first-order valence-electron chi connectivity index (χ1n) is 6.88. The van der Waals surface area contributed by atoms with Gasteiger partial charge in [-0.2, -0.15) is 0 Å². The molecule has 2 N–H and O–H groups in total. The van der Waals surface area contributed by atoms with Crippen molar-refractivity contribution in [3.8, 4) is 23.0 Å². The molecule has 23 heavy (non-hydrogen) atoms. The number of para-hydroxylation sites is 1. The number of hydrogen-bond donors (Lipinski definition) is 1. The normalized spacial score (nSPS) is 11.0. The number of nitrogens with two attached hydrogens (primary N) is 1. The van der Waals surface area contributed by atoms with Gasteiger partial charge in [-0.25, -0.2) is 14.6 Å². The van der Waals surface area contributed by atoms with E-state index < -0.39 is 0 Å². The first kappa shape index (κ1) is 13.3. The Kier molecular flexibility index (Phi) is 2.94. The van der Waals surface area contributed by atoms with Crippen LogP contribution in [0.2, 0.25) is 0 Å². The average Bonchev–Trinajstić information content (AvgIpc) is 3.12. The number of aryl methyl sites for hydroxylation is 1. The molecule has 0 aliphatic carbocycles. The maximum Gasteiger partial charge on any atom is 0.236 e. The molecule has 3 aromatic heterocycles. The summed E-state index contributed by atoms with van der Waals surface area (Å²) in [5.74, 6) is 1.37. The second kappa shape index (κ2) is 5.09. The molecule has 0 aliphatic rings. The molecule has 0 amide bonds. The molecule has 0 aliphatic heterocycles. The van der Waals surface area contributed by atoms with E-state index in [1.54, 1.807) is 12.4 Å². The summed E-state index contributed by atoms with van der Waals surface area (Å²) >= 11 is 0. The molecule has 0 spiro atoms. The van der Waals surface area contributed by atoms with Crippen LogP contribution in [0, 0.1) is 6.92 Å². The van der Waals surface area contributed by atoms with E-state index in [0.29, 0.717) is 28.7 Å². The Hall–Kier alpha value is -3.42. The molecule has 0 atom stereocenters. The smallest absolute Gasteiger partial charge is 0.236 e. The van der Waals surface area contributed by atoms with Gasteiger partial charge in [-0.3, -0.25) is 4.40 Å². The summed E-state index contributed by atoms with van der Waals surface area (Å²) in [4.78, 5) is 8.73. The lowest BCUT2D eigenvalue weighted by molar-refractivity contribution is 0.310. The number of benzene rings is 1. The molecule has 4 aromatic rings. The molecular weight excluding hydrogens is 296 g/mol. The second-order valence-electron chi connectivity index (χ2n) is 4.91. The molecular formula is C15H12N6O2. The van der Waals surface area contributed by atoms with Gasteiger partial charge >= 0.3 is 0 Å². The van der Waals surface area contributed by atoms with Crippen molar-refractivity contribution in [3.05, 3.63) is 48.4 Å². The zero-order chi connectivity index (χ0) is 15.8. The summed E-state index contributed by atoms with van der Waals surface area (Å²) in [5.41, 5.74) is 8.24. The minimum atomic E-state index is 0.199. The van der Waals surface area contributed by atoms with E-state index in [1.165, 1.54) is 0 Å². The summed E-state index contributed by atoms with van der Waals surface area (Å²) in [6, 6.07) is 9.44. The molecule has 0 saturated carbocycles. The highest BCUT2D eigenvalue weighted by molar-refractivity contribution is 5.70. The summed E-state index contributed by atoms with van der Waals surface area (Å²) < 4.78 is 12.2.